The molecule has 0 radical (unpaired) electrons. The molecule has 7 heteroatoms. The van der Waals surface area contributed by atoms with Crippen LogP contribution in [0.5, 0.6) is 0 Å². The third-order valence-corrected chi connectivity index (χ3v) is 7.09. The SMILES string of the molecule is O=C1NC(=NC2CCCC2)S/C1=C\c1cn(Cc2ccccc2)nc1-c1cccs1. The summed E-state index contributed by atoms with van der Waals surface area (Å²) in [6, 6.07) is 14.7. The van der Waals surface area contributed by atoms with E-state index in [1.165, 1.54) is 30.2 Å². The van der Waals surface area contributed by atoms with Gasteiger partial charge in [-0.1, -0.05) is 49.2 Å². The van der Waals surface area contributed by atoms with Crippen molar-refractivity contribution in [1.29, 1.82) is 0 Å². The number of rotatable bonds is 5. The smallest absolute Gasteiger partial charge is 0.264 e. The van der Waals surface area contributed by atoms with Gasteiger partial charge in [0.2, 0.25) is 0 Å². The summed E-state index contributed by atoms with van der Waals surface area (Å²) in [6.45, 7) is 0.691. The number of nitrogens with one attached hydrogen (secondary N) is 1. The van der Waals surface area contributed by atoms with Crippen LogP contribution in [0.4, 0.5) is 0 Å². The molecule has 2 fully saturated rings. The van der Waals surface area contributed by atoms with Gasteiger partial charge in [-0.15, -0.1) is 11.3 Å². The summed E-state index contributed by atoms with van der Waals surface area (Å²) >= 11 is 3.09. The lowest BCUT2D eigenvalue weighted by molar-refractivity contribution is -0.115. The Hall–Kier alpha value is -2.64. The third-order valence-electron chi connectivity index (χ3n) is 5.29. The van der Waals surface area contributed by atoms with Crippen LogP contribution in [0.3, 0.4) is 0 Å². The first-order valence-electron chi connectivity index (χ1n) is 10.2. The fourth-order valence-electron chi connectivity index (χ4n) is 3.83. The lowest BCUT2D eigenvalue weighted by atomic mass is 10.2. The van der Waals surface area contributed by atoms with Crippen molar-refractivity contribution >= 4 is 40.2 Å². The van der Waals surface area contributed by atoms with E-state index in [1.807, 2.05) is 46.6 Å². The zero-order valence-corrected chi connectivity index (χ0v) is 18.1. The minimum absolute atomic E-state index is 0.0790. The van der Waals surface area contributed by atoms with Crippen molar-refractivity contribution in [3.63, 3.8) is 0 Å². The monoisotopic (exact) mass is 434 g/mol. The van der Waals surface area contributed by atoms with Crippen LogP contribution in [-0.4, -0.2) is 26.9 Å². The Kier molecular flexibility index (Phi) is 5.55. The van der Waals surface area contributed by atoms with E-state index in [2.05, 4.69) is 23.5 Å². The molecule has 1 aliphatic carbocycles. The van der Waals surface area contributed by atoms with Crippen LogP contribution < -0.4 is 5.32 Å². The van der Waals surface area contributed by atoms with Crippen LogP contribution in [0.2, 0.25) is 0 Å². The average Bonchev–Trinajstić information content (AvgIpc) is 3.53. The number of carbonyl (C=O) groups excluding carboxylic acids is 1. The number of thiophene rings is 1. The molecule has 5 rings (SSSR count). The van der Waals surface area contributed by atoms with E-state index in [9.17, 15) is 4.79 Å². The van der Waals surface area contributed by atoms with Gasteiger partial charge in [0.1, 0.15) is 5.69 Å². The first-order valence-corrected chi connectivity index (χ1v) is 11.9. The summed E-state index contributed by atoms with van der Waals surface area (Å²) in [6.07, 6.45) is 8.66. The van der Waals surface area contributed by atoms with Gasteiger partial charge in [-0.2, -0.15) is 5.10 Å². The minimum atomic E-state index is -0.0790. The Bertz CT molecular complexity index is 1090. The zero-order chi connectivity index (χ0) is 20.3. The highest BCUT2D eigenvalue weighted by Gasteiger charge is 2.26. The molecule has 5 nitrogen and oxygen atoms in total. The molecule has 1 aromatic carbocycles. The number of thioether (sulfide) groups is 1. The molecule has 1 amide bonds. The number of aromatic nitrogens is 2. The van der Waals surface area contributed by atoms with Crippen LogP contribution >= 0.6 is 23.1 Å². The predicted molar refractivity (Wildman–Crippen MR) is 124 cm³/mol. The fraction of sp³-hybridized carbons (Fsp3) is 0.261. The molecule has 2 aliphatic rings. The van der Waals surface area contributed by atoms with Gasteiger partial charge in [-0.05, 0) is 47.7 Å². The van der Waals surface area contributed by atoms with Crippen molar-refractivity contribution in [1.82, 2.24) is 15.1 Å². The number of aliphatic imine (C=N–C) groups is 1. The summed E-state index contributed by atoms with van der Waals surface area (Å²) in [7, 11) is 0. The average molecular weight is 435 g/mol. The standard InChI is InChI=1S/C23H22N4OS2/c28-22-20(30-23(25-22)24-18-9-4-5-10-18)13-17-15-27(14-16-7-2-1-3-8-16)26-21(17)19-11-6-12-29-19/h1-3,6-8,11-13,15,18H,4-5,9-10,14H2,(H,24,25,28)/b20-13-. The maximum absolute atomic E-state index is 12.6. The second-order valence-corrected chi connectivity index (χ2v) is 9.51. The van der Waals surface area contributed by atoms with Crippen LogP contribution in [0.25, 0.3) is 16.6 Å². The molecule has 1 aliphatic heterocycles. The molecular weight excluding hydrogens is 412 g/mol. The topological polar surface area (TPSA) is 59.3 Å². The summed E-state index contributed by atoms with van der Waals surface area (Å²) in [5.41, 5.74) is 3.05. The first kappa shape index (κ1) is 19.3. The van der Waals surface area contributed by atoms with E-state index in [0.717, 1.165) is 34.1 Å². The van der Waals surface area contributed by atoms with Crippen LogP contribution in [-0.2, 0) is 11.3 Å². The molecule has 1 saturated carbocycles. The van der Waals surface area contributed by atoms with Gasteiger partial charge in [0.25, 0.3) is 5.91 Å². The maximum Gasteiger partial charge on any atom is 0.264 e. The number of hydrogen-bond acceptors (Lipinski definition) is 5. The highest BCUT2D eigenvalue weighted by molar-refractivity contribution is 8.18. The van der Waals surface area contributed by atoms with Crippen molar-refractivity contribution in [2.45, 2.75) is 38.3 Å². The Balaban J connectivity index is 1.44. The van der Waals surface area contributed by atoms with Crippen LogP contribution in [0.15, 0.2) is 63.9 Å². The van der Waals surface area contributed by atoms with Crippen molar-refractivity contribution in [2.75, 3.05) is 0 Å². The number of carbonyl (C=O) groups is 1. The highest BCUT2D eigenvalue weighted by atomic mass is 32.2. The normalized spacial score (nSPS) is 19.8. The van der Waals surface area contributed by atoms with Crippen molar-refractivity contribution in [3.05, 3.63) is 70.1 Å². The maximum atomic E-state index is 12.6. The van der Waals surface area contributed by atoms with Crippen molar-refractivity contribution < 1.29 is 4.79 Å². The number of amides is 1. The number of amidine groups is 1. The fourth-order valence-corrected chi connectivity index (χ4v) is 5.44. The molecule has 0 spiro atoms. The Morgan fingerprint density at radius 2 is 2.00 bits per heavy atom. The van der Waals surface area contributed by atoms with E-state index in [4.69, 9.17) is 10.1 Å². The molecule has 3 heterocycles. The van der Waals surface area contributed by atoms with Gasteiger partial charge in [0.05, 0.1) is 22.4 Å². The summed E-state index contributed by atoms with van der Waals surface area (Å²) in [5.74, 6) is -0.0790. The molecule has 2 aromatic heterocycles. The predicted octanol–water partition coefficient (Wildman–Crippen LogP) is 5.16. The van der Waals surface area contributed by atoms with Gasteiger partial charge in [-0.3, -0.25) is 14.5 Å². The van der Waals surface area contributed by atoms with Gasteiger partial charge < -0.3 is 5.32 Å². The molecule has 1 N–H and O–H groups in total. The highest BCUT2D eigenvalue weighted by Crippen LogP contribution is 2.33. The number of nitrogens with zero attached hydrogens (tertiary/aromatic N) is 3. The van der Waals surface area contributed by atoms with Gasteiger partial charge >= 0.3 is 0 Å². The Morgan fingerprint density at radius 1 is 1.17 bits per heavy atom. The van der Waals surface area contributed by atoms with Crippen LogP contribution in [0, 0.1) is 0 Å². The summed E-state index contributed by atoms with van der Waals surface area (Å²) < 4.78 is 1.95. The van der Waals surface area contributed by atoms with E-state index in [0.29, 0.717) is 17.5 Å². The van der Waals surface area contributed by atoms with Crippen molar-refractivity contribution in [2.24, 2.45) is 4.99 Å². The van der Waals surface area contributed by atoms with E-state index < -0.39 is 0 Å². The van der Waals surface area contributed by atoms with Gasteiger partial charge in [0.15, 0.2) is 5.17 Å². The van der Waals surface area contributed by atoms with Crippen LogP contribution in [0.1, 0.15) is 36.8 Å². The van der Waals surface area contributed by atoms with E-state index in [-0.39, 0.29) is 5.91 Å². The molecule has 0 bridgehead atoms. The largest absolute Gasteiger partial charge is 0.301 e. The molecule has 0 unspecified atom stereocenters. The summed E-state index contributed by atoms with van der Waals surface area (Å²) in [4.78, 5) is 19.1. The molecule has 0 atom stereocenters. The number of benzene rings is 1. The van der Waals surface area contributed by atoms with E-state index >= 15 is 0 Å². The Labute approximate surface area is 183 Å². The summed E-state index contributed by atoms with van der Waals surface area (Å²) in [5, 5.41) is 10.5. The third kappa shape index (κ3) is 4.27. The molecule has 3 aromatic rings. The molecule has 30 heavy (non-hydrogen) atoms. The quantitative estimate of drug-likeness (QED) is 0.564. The number of hydrogen-bond donors (Lipinski definition) is 1. The van der Waals surface area contributed by atoms with E-state index in [1.54, 1.807) is 11.3 Å². The van der Waals surface area contributed by atoms with Gasteiger partial charge in [-0.25, -0.2) is 0 Å². The first-order chi connectivity index (χ1) is 14.7. The molecular formula is C23H22N4OS2. The Morgan fingerprint density at radius 3 is 2.77 bits per heavy atom. The van der Waals surface area contributed by atoms with Gasteiger partial charge in [0, 0.05) is 11.8 Å². The molecule has 152 valence electrons. The molecule has 1 saturated heterocycles. The zero-order valence-electron chi connectivity index (χ0n) is 16.5. The second-order valence-electron chi connectivity index (χ2n) is 7.53. The lowest BCUT2D eigenvalue weighted by Crippen LogP contribution is -2.21. The minimum Gasteiger partial charge on any atom is -0.301 e. The lowest BCUT2D eigenvalue weighted by Gasteiger charge is -2.02. The second kappa shape index (κ2) is 8.62. The van der Waals surface area contributed by atoms with Crippen molar-refractivity contribution in [3.8, 4) is 10.6 Å².